The Labute approximate surface area is 208 Å². The van der Waals surface area contributed by atoms with Gasteiger partial charge in [-0.3, -0.25) is 25.3 Å². The molecular formula is C22H21F5N4O5S. The molecule has 0 aliphatic carbocycles. The number of nitrogens with one attached hydrogen (secondary N) is 2. The van der Waals surface area contributed by atoms with Crippen molar-refractivity contribution in [3.8, 4) is 0 Å². The van der Waals surface area contributed by atoms with E-state index in [1.807, 2.05) is 0 Å². The highest BCUT2D eigenvalue weighted by molar-refractivity contribution is 7.91. The van der Waals surface area contributed by atoms with Crippen LogP contribution in [0.2, 0.25) is 0 Å². The largest absolute Gasteiger partial charge is 0.418 e. The van der Waals surface area contributed by atoms with Gasteiger partial charge in [-0.05, 0) is 29.8 Å². The van der Waals surface area contributed by atoms with E-state index in [1.54, 1.807) is 5.43 Å². The molecular weight excluding hydrogens is 527 g/mol. The minimum atomic E-state index is -4.79. The fraction of sp³-hybridized carbons (Fsp3) is 0.318. The van der Waals surface area contributed by atoms with Crippen LogP contribution in [0.4, 0.5) is 32.4 Å². The third-order valence-electron chi connectivity index (χ3n) is 5.40. The van der Waals surface area contributed by atoms with E-state index < -0.39 is 51.5 Å². The van der Waals surface area contributed by atoms with Gasteiger partial charge in [0.15, 0.2) is 9.84 Å². The molecule has 200 valence electrons. The van der Waals surface area contributed by atoms with Crippen molar-refractivity contribution in [1.82, 2.24) is 15.8 Å². The first-order valence-electron chi connectivity index (χ1n) is 10.7. The molecule has 2 N–H and O–H groups in total. The van der Waals surface area contributed by atoms with E-state index >= 15 is 0 Å². The fourth-order valence-electron chi connectivity index (χ4n) is 3.47. The van der Waals surface area contributed by atoms with Crippen LogP contribution in [0.25, 0.3) is 0 Å². The zero-order chi connectivity index (χ0) is 27.4. The maximum Gasteiger partial charge on any atom is 0.418 e. The van der Waals surface area contributed by atoms with Crippen molar-refractivity contribution in [3.63, 3.8) is 0 Å². The SMILES string of the molecule is O=C(NNC(=O)C(F)F)c1ccc(CN(C(=O)N2CCS(=O)(=O)CC2)c2ccccc2C(F)(F)F)cc1. The zero-order valence-corrected chi connectivity index (χ0v) is 19.8. The summed E-state index contributed by atoms with van der Waals surface area (Å²) in [6.07, 6.45) is -8.13. The number of carbonyl (C=O) groups is 3. The summed E-state index contributed by atoms with van der Waals surface area (Å²) in [5.74, 6) is -3.28. The normalized spacial score (nSPS) is 15.2. The molecule has 1 aliphatic rings. The number of alkyl halides is 5. The van der Waals surface area contributed by atoms with Crippen LogP contribution in [-0.4, -0.2) is 62.2 Å². The number of hydrazine groups is 1. The summed E-state index contributed by atoms with van der Waals surface area (Å²) >= 11 is 0. The van der Waals surface area contributed by atoms with Crippen LogP contribution in [0.5, 0.6) is 0 Å². The standard InChI is InChI=1S/C22H21F5N4O5S/c23-18(24)20(33)29-28-19(32)15-7-5-14(6-8-15)13-31(17-4-2-1-3-16(17)22(25,26)27)21(34)30-9-11-37(35,36)12-10-30/h1-8,18H,9-13H2,(H,28,32)(H,29,33). The van der Waals surface area contributed by atoms with Gasteiger partial charge in [-0.25, -0.2) is 13.2 Å². The number of carbonyl (C=O) groups excluding carboxylic acids is 3. The van der Waals surface area contributed by atoms with Gasteiger partial charge in [0.1, 0.15) is 0 Å². The van der Waals surface area contributed by atoms with Gasteiger partial charge in [0.25, 0.3) is 5.91 Å². The van der Waals surface area contributed by atoms with Crippen molar-refractivity contribution in [1.29, 1.82) is 0 Å². The number of para-hydroxylation sites is 1. The first kappa shape index (κ1) is 27.8. The number of benzene rings is 2. The van der Waals surface area contributed by atoms with Gasteiger partial charge in [-0.2, -0.15) is 22.0 Å². The lowest BCUT2D eigenvalue weighted by Crippen LogP contribution is -2.50. The topological polar surface area (TPSA) is 116 Å². The molecule has 1 saturated heterocycles. The van der Waals surface area contributed by atoms with Crippen molar-refractivity contribution in [2.75, 3.05) is 29.5 Å². The molecule has 0 aromatic heterocycles. The van der Waals surface area contributed by atoms with E-state index in [2.05, 4.69) is 0 Å². The summed E-state index contributed by atoms with van der Waals surface area (Å²) in [4.78, 5) is 38.2. The lowest BCUT2D eigenvalue weighted by atomic mass is 10.1. The first-order chi connectivity index (χ1) is 17.3. The van der Waals surface area contributed by atoms with Crippen molar-refractivity contribution in [2.45, 2.75) is 19.1 Å². The number of hydrogen-bond donors (Lipinski definition) is 2. The third kappa shape index (κ3) is 7.15. The summed E-state index contributed by atoms with van der Waals surface area (Å²) in [6.45, 7) is -0.732. The number of sulfone groups is 1. The second-order valence-corrected chi connectivity index (χ2v) is 10.3. The van der Waals surface area contributed by atoms with Crippen LogP contribution in [0, 0.1) is 0 Å². The van der Waals surface area contributed by atoms with E-state index in [4.69, 9.17) is 0 Å². The predicted octanol–water partition coefficient (Wildman–Crippen LogP) is 2.59. The highest BCUT2D eigenvalue weighted by atomic mass is 32.2. The Balaban J connectivity index is 1.86. The quantitative estimate of drug-likeness (QED) is 0.440. The van der Waals surface area contributed by atoms with E-state index in [0.29, 0.717) is 5.56 Å². The number of urea groups is 1. The molecule has 1 aliphatic heterocycles. The number of hydrogen-bond acceptors (Lipinski definition) is 5. The molecule has 0 saturated carbocycles. The Morgan fingerprint density at radius 1 is 0.946 bits per heavy atom. The molecule has 0 bridgehead atoms. The molecule has 37 heavy (non-hydrogen) atoms. The van der Waals surface area contributed by atoms with Gasteiger partial charge in [-0.1, -0.05) is 24.3 Å². The average molecular weight is 548 g/mol. The predicted molar refractivity (Wildman–Crippen MR) is 121 cm³/mol. The van der Waals surface area contributed by atoms with Crippen molar-refractivity contribution in [3.05, 3.63) is 65.2 Å². The summed E-state index contributed by atoms with van der Waals surface area (Å²) in [6, 6.07) is 8.72. The molecule has 15 heteroatoms. The monoisotopic (exact) mass is 548 g/mol. The van der Waals surface area contributed by atoms with Crippen molar-refractivity contribution in [2.24, 2.45) is 0 Å². The number of amides is 4. The van der Waals surface area contributed by atoms with Crippen LogP contribution in [0.15, 0.2) is 48.5 Å². The van der Waals surface area contributed by atoms with Gasteiger partial charge < -0.3 is 4.90 Å². The summed E-state index contributed by atoms with van der Waals surface area (Å²) in [5.41, 5.74) is 2.06. The second kappa shape index (κ2) is 11.1. The minimum absolute atomic E-state index is 0.0619. The van der Waals surface area contributed by atoms with Crippen LogP contribution >= 0.6 is 0 Å². The van der Waals surface area contributed by atoms with Crippen molar-refractivity contribution >= 4 is 33.4 Å². The summed E-state index contributed by atoms with van der Waals surface area (Å²) < 4.78 is 89.1. The molecule has 0 unspecified atom stereocenters. The molecule has 1 heterocycles. The molecule has 2 aromatic rings. The number of anilines is 1. The first-order valence-corrected chi connectivity index (χ1v) is 12.5. The molecule has 9 nitrogen and oxygen atoms in total. The highest BCUT2D eigenvalue weighted by Gasteiger charge is 2.37. The van der Waals surface area contributed by atoms with Crippen LogP contribution in [0.3, 0.4) is 0 Å². The maximum absolute atomic E-state index is 13.7. The molecule has 0 radical (unpaired) electrons. The Morgan fingerprint density at radius 3 is 2.11 bits per heavy atom. The Morgan fingerprint density at radius 2 is 1.54 bits per heavy atom. The molecule has 0 atom stereocenters. The van der Waals surface area contributed by atoms with E-state index in [-0.39, 0.29) is 36.7 Å². The van der Waals surface area contributed by atoms with Crippen molar-refractivity contribution < 1.29 is 44.8 Å². The second-order valence-electron chi connectivity index (χ2n) is 7.96. The van der Waals surface area contributed by atoms with Gasteiger partial charge in [0, 0.05) is 18.7 Å². The lowest BCUT2D eigenvalue weighted by Gasteiger charge is -2.34. The van der Waals surface area contributed by atoms with Gasteiger partial charge >= 0.3 is 24.5 Å². The molecule has 3 rings (SSSR count). The average Bonchev–Trinajstić information content (AvgIpc) is 2.85. The Hall–Kier alpha value is -3.75. The molecule has 2 aromatic carbocycles. The summed E-state index contributed by atoms with van der Waals surface area (Å²) in [5, 5.41) is 0. The fourth-order valence-corrected chi connectivity index (χ4v) is 4.67. The zero-order valence-electron chi connectivity index (χ0n) is 19.0. The lowest BCUT2D eigenvalue weighted by molar-refractivity contribution is -0.137. The van der Waals surface area contributed by atoms with E-state index in [9.17, 15) is 44.8 Å². The number of rotatable bonds is 5. The van der Waals surface area contributed by atoms with E-state index in [0.717, 1.165) is 21.9 Å². The molecule has 0 spiro atoms. The molecule has 4 amide bonds. The Bertz CT molecular complexity index is 1250. The van der Waals surface area contributed by atoms with Crippen LogP contribution < -0.4 is 15.8 Å². The highest BCUT2D eigenvalue weighted by Crippen LogP contribution is 2.37. The van der Waals surface area contributed by atoms with Gasteiger partial charge in [-0.15, -0.1) is 0 Å². The maximum atomic E-state index is 13.7. The van der Waals surface area contributed by atoms with Crippen LogP contribution in [0.1, 0.15) is 21.5 Å². The number of nitrogens with zero attached hydrogens (tertiary/aromatic N) is 2. The van der Waals surface area contributed by atoms with Gasteiger partial charge in [0.2, 0.25) is 0 Å². The summed E-state index contributed by atoms with van der Waals surface area (Å²) in [7, 11) is -3.36. The molecule has 1 fully saturated rings. The minimum Gasteiger partial charge on any atom is -0.322 e. The smallest absolute Gasteiger partial charge is 0.322 e. The van der Waals surface area contributed by atoms with E-state index in [1.165, 1.54) is 41.8 Å². The number of halogens is 5. The van der Waals surface area contributed by atoms with Gasteiger partial charge in [0.05, 0.1) is 29.3 Å². The van der Waals surface area contributed by atoms with Crippen LogP contribution in [-0.2, 0) is 27.4 Å². The Kier molecular flexibility index (Phi) is 8.35. The third-order valence-corrected chi connectivity index (χ3v) is 7.01.